The molecule has 0 unspecified atom stereocenters. The van der Waals surface area contributed by atoms with Crippen molar-refractivity contribution in [3.05, 3.63) is 82.0 Å². The van der Waals surface area contributed by atoms with Gasteiger partial charge in [-0.05, 0) is 25.1 Å². The Kier molecular flexibility index (Phi) is 5.44. The third-order valence-electron chi connectivity index (χ3n) is 4.68. The van der Waals surface area contributed by atoms with Gasteiger partial charge in [0.05, 0.1) is 11.9 Å². The van der Waals surface area contributed by atoms with Gasteiger partial charge in [-0.3, -0.25) is 9.59 Å². The minimum Gasteiger partial charge on any atom is -0.494 e. The standard InChI is InChI=1S/C21H15N9O3/c1-12-15(17(23)31)19(32)29(14-6-3-2-4-7-14)20(33)16(12)27-28-18-13(10-22)11-26-30(18)21-24-8-5-9-25-21/h2-9,11,32H,1H3,(H2,23,31). The third kappa shape index (κ3) is 3.70. The summed E-state index contributed by atoms with van der Waals surface area (Å²) in [5, 5.41) is 32.2. The Morgan fingerprint density at radius 1 is 1.15 bits per heavy atom. The van der Waals surface area contributed by atoms with Crippen LogP contribution in [0.4, 0.5) is 11.5 Å². The Hall–Kier alpha value is -5.18. The number of carbonyl (C=O) groups excluding carboxylic acids is 1. The molecule has 0 saturated carbocycles. The van der Waals surface area contributed by atoms with Gasteiger partial charge in [0.1, 0.15) is 17.2 Å². The van der Waals surface area contributed by atoms with Crippen LogP contribution in [0.15, 0.2) is 70.0 Å². The average molecular weight is 441 g/mol. The first-order chi connectivity index (χ1) is 15.9. The minimum absolute atomic E-state index is 0.0255. The first kappa shape index (κ1) is 21.1. The van der Waals surface area contributed by atoms with Gasteiger partial charge in [-0.1, -0.05) is 18.2 Å². The SMILES string of the molecule is Cc1c(C(N)=O)c(O)n(-c2ccccc2)c(=O)c1N=Nc1c(C#N)cnn1-c1ncccn1. The van der Waals surface area contributed by atoms with E-state index >= 15 is 0 Å². The van der Waals surface area contributed by atoms with E-state index in [2.05, 4.69) is 25.3 Å². The number of aromatic hydroxyl groups is 1. The topological polar surface area (TPSA) is 177 Å². The Labute approximate surface area is 185 Å². The molecular formula is C21H15N9O3. The van der Waals surface area contributed by atoms with Crippen molar-refractivity contribution in [2.75, 3.05) is 0 Å². The molecule has 0 fully saturated rings. The highest BCUT2D eigenvalue weighted by Crippen LogP contribution is 2.30. The van der Waals surface area contributed by atoms with E-state index in [1.54, 1.807) is 36.4 Å². The van der Waals surface area contributed by atoms with Gasteiger partial charge < -0.3 is 10.8 Å². The summed E-state index contributed by atoms with van der Waals surface area (Å²) in [5.74, 6) is -1.46. The zero-order chi connectivity index (χ0) is 23.5. The van der Waals surface area contributed by atoms with Crippen molar-refractivity contribution in [2.45, 2.75) is 6.92 Å². The van der Waals surface area contributed by atoms with Crippen molar-refractivity contribution in [2.24, 2.45) is 16.0 Å². The summed E-state index contributed by atoms with van der Waals surface area (Å²) >= 11 is 0. The molecule has 12 nitrogen and oxygen atoms in total. The molecule has 1 aromatic carbocycles. The number of amides is 1. The van der Waals surface area contributed by atoms with Crippen LogP contribution >= 0.6 is 0 Å². The fourth-order valence-electron chi connectivity index (χ4n) is 3.15. The molecule has 0 aliphatic rings. The quantitative estimate of drug-likeness (QED) is 0.446. The van der Waals surface area contributed by atoms with Gasteiger partial charge in [0.15, 0.2) is 11.5 Å². The average Bonchev–Trinajstić information content (AvgIpc) is 3.23. The third-order valence-corrected chi connectivity index (χ3v) is 4.68. The van der Waals surface area contributed by atoms with E-state index in [-0.39, 0.29) is 34.1 Å². The monoisotopic (exact) mass is 441 g/mol. The number of rotatable bonds is 5. The molecule has 0 aliphatic carbocycles. The Bertz CT molecular complexity index is 1480. The first-order valence-electron chi connectivity index (χ1n) is 9.45. The number of primary amides is 1. The highest BCUT2D eigenvalue weighted by atomic mass is 16.3. The molecule has 0 bridgehead atoms. The lowest BCUT2D eigenvalue weighted by Gasteiger charge is -2.14. The molecule has 0 saturated heterocycles. The zero-order valence-electron chi connectivity index (χ0n) is 17.1. The predicted molar refractivity (Wildman–Crippen MR) is 115 cm³/mol. The van der Waals surface area contributed by atoms with E-state index in [4.69, 9.17) is 5.73 Å². The van der Waals surface area contributed by atoms with Crippen LogP contribution in [0, 0.1) is 18.3 Å². The Morgan fingerprint density at radius 2 is 1.85 bits per heavy atom. The summed E-state index contributed by atoms with van der Waals surface area (Å²) < 4.78 is 2.09. The molecule has 0 aliphatic heterocycles. The van der Waals surface area contributed by atoms with Gasteiger partial charge in [-0.15, -0.1) is 10.2 Å². The molecule has 0 atom stereocenters. The Balaban J connectivity index is 1.95. The minimum atomic E-state index is -0.952. The molecule has 3 N–H and O–H groups in total. The number of nitrogens with zero attached hydrogens (tertiary/aromatic N) is 8. The summed E-state index contributed by atoms with van der Waals surface area (Å²) in [7, 11) is 0. The molecular weight excluding hydrogens is 426 g/mol. The summed E-state index contributed by atoms with van der Waals surface area (Å²) in [4.78, 5) is 33.4. The molecule has 1 amide bonds. The van der Waals surface area contributed by atoms with E-state index in [0.717, 1.165) is 4.57 Å². The van der Waals surface area contributed by atoms with E-state index in [0.29, 0.717) is 5.69 Å². The molecule has 3 aromatic heterocycles. The number of azo groups is 1. The summed E-state index contributed by atoms with van der Waals surface area (Å²) in [6, 6.07) is 11.7. The Morgan fingerprint density at radius 3 is 2.48 bits per heavy atom. The van der Waals surface area contributed by atoms with Gasteiger partial charge >= 0.3 is 0 Å². The van der Waals surface area contributed by atoms with E-state index in [9.17, 15) is 20.0 Å². The molecule has 4 aromatic rings. The van der Waals surface area contributed by atoms with Crippen molar-refractivity contribution in [1.29, 1.82) is 5.26 Å². The number of carbonyl (C=O) groups is 1. The summed E-state index contributed by atoms with van der Waals surface area (Å²) in [6.45, 7) is 1.41. The number of para-hydroxylation sites is 1. The number of nitriles is 1. The fraction of sp³-hybridized carbons (Fsp3) is 0.0476. The largest absolute Gasteiger partial charge is 0.494 e. The van der Waals surface area contributed by atoms with Crippen LogP contribution in [-0.4, -0.2) is 35.3 Å². The second-order valence-corrected chi connectivity index (χ2v) is 6.67. The molecule has 4 rings (SSSR count). The maximum atomic E-state index is 13.2. The van der Waals surface area contributed by atoms with Crippen LogP contribution in [0.25, 0.3) is 11.6 Å². The molecule has 3 heterocycles. The van der Waals surface area contributed by atoms with Crippen molar-refractivity contribution >= 4 is 17.4 Å². The van der Waals surface area contributed by atoms with Gasteiger partial charge in [0.25, 0.3) is 17.4 Å². The van der Waals surface area contributed by atoms with Crippen molar-refractivity contribution in [1.82, 2.24) is 24.3 Å². The van der Waals surface area contributed by atoms with Gasteiger partial charge in [0, 0.05) is 18.0 Å². The lowest BCUT2D eigenvalue weighted by atomic mass is 10.1. The van der Waals surface area contributed by atoms with Crippen LogP contribution in [-0.2, 0) is 0 Å². The van der Waals surface area contributed by atoms with Crippen LogP contribution < -0.4 is 11.3 Å². The first-order valence-corrected chi connectivity index (χ1v) is 9.45. The molecule has 162 valence electrons. The predicted octanol–water partition coefficient (Wildman–Crippen LogP) is 2.21. The zero-order valence-corrected chi connectivity index (χ0v) is 17.1. The number of aromatic nitrogens is 5. The van der Waals surface area contributed by atoms with E-state index in [1.165, 1.54) is 30.2 Å². The highest BCUT2D eigenvalue weighted by Gasteiger charge is 2.24. The lowest BCUT2D eigenvalue weighted by Crippen LogP contribution is -2.24. The number of nitrogens with two attached hydrogens (primary N) is 1. The molecule has 12 heteroatoms. The van der Waals surface area contributed by atoms with E-state index < -0.39 is 17.3 Å². The highest BCUT2D eigenvalue weighted by molar-refractivity contribution is 5.97. The fourth-order valence-corrected chi connectivity index (χ4v) is 3.15. The van der Waals surface area contributed by atoms with Crippen molar-refractivity contribution in [3.8, 4) is 23.6 Å². The van der Waals surface area contributed by atoms with Crippen LogP contribution in [0.2, 0.25) is 0 Å². The van der Waals surface area contributed by atoms with E-state index in [1.807, 2.05) is 6.07 Å². The maximum Gasteiger partial charge on any atom is 0.286 e. The number of benzene rings is 1. The van der Waals surface area contributed by atoms with Crippen molar-refractivity contribution in [3.63, 3.8) is 0 Å². The molecule has 0 radical (unpaired) electrons. The van der Waals surface area contributed by atoms with Crippen LogP contribution in [0.5, 0.6) is 5.88 Å². The summed E-state index contributed by atoms with van der Waals surface area (Å²) in [5.41, 5.74) is 4.55. The maximum absolute atomic E-state index is 13.2. The van der Waals surface area contributed by atoms with Gasteiger partial charge in [0.2, 0.25) is 5.88 Å². The van der Waals surface area contributed by atoms with Crippen LogP contribution in [0.3, 0.4) is 0 Å². The number of hydrogen-bond donors (Lipinski definition) is 2. The van der Waals surface area contributed by atoms with Gasteiger partial charge in [-0.25, -0.2) is 14.5 Å². The summed E-state index contributed by atoms with van der Waals surface area (Å²) in [6.07, 6.45) is 4.23. The van der Waals surface area contributed by atoms with Gasteiger partial charge in [-0.2, -0.15) is 15.0 Å². The van der Waals surface area contributed by atoms with Crippen molar-refractivity contribution < 1.29 is 9.90 Å². The molecule has 33 heavy (non-hydrogen) atoms. The van der Waals surface area contributed by atoms with Crippen LogP contribution in [0.1, 0.15) is 21.5 Å². The number of hydrogen-bond acceptors (Lipinski definition) is 9. The smallest absolute Gasteiger partial charge is 0.286 e. The second kappa shape index (κ2) is 8.52. The number of pyridine rings is 1. The second-order valence-electron chi connectivity index (χ2n) is 6.67. The molecule has 0 spiro atoms. The normalized spacial score (nSPS) is 10.9. The lowest BCUT2D eigenvalue weighted by molar-refractivity contribution is 0.0996.